The molecule has 28 heavy (non-hydrogen) atoms. The van der Waals surface area contributed by atoms with Crippen LogP contribution in [0.1, 0.15) is 12.8 Å². The Balaban J connectivity index is 1.51. The van der Waals surface area contributed by atoms with Crippen LogP contribution in [-0.4, -0.2) is 34.1 Å². The number of piperidine rings is 1. The van der Waals surface area contributed by atoms with Crippen molar-refractivity contribution in [3.8, 4) is 9.88 Å². The number of pyridine rings is 2. The molecular formula is C20H20N6S2. The molecule has 1 fully saturated rings. The van der Waals surface area contributed by atoms with Crippen LogP contribution >= 0.6 is 22.7 Å². The highest BCUT2D eigenvalue weighted by Gasteiger charge is 2.20. The Morgan fingerprint density at radius 3 is 3.04 bits per heavy atom. The van der Waals surface area contributed by atoms with Gasteiger partial charge in [0, 0.05) is 31.5 Å². The van der Waals surface area contributed by atoms with Crippen molar-refractivity contribution in [1.29, 1.82) is 0 Å². The normalized spacial score (nSPS) is 17.2. The zero-order chi connectivity index (χ0) is 18.9. The van der Waals surface area contributed by atoms with Crippen molar-refractivity contribution >= 4 is 50.1 Å². The highest BCUT2D eigenvalue weighted by molar-refractivity contribution is 7.25. The first-order valence-corrected chi connectivity index (χ1v) is 11.0. The van der Waals surface area contributed by atoms with Gasteiger partial charge in [-0.1, -0.05) is 6.07 Å². The molecule has 4 aromatic heterocycles. The van der Waals surface area contributed by atoms with Crippen LogP contribution in [0.15, 0.2) is 48.2 Å². The topological polar surface area (TPSA) is 80.0 Å². The summed E-state index contributed by atoms with van der Waals surface area (Å²) in [5.41, 5.74) is 9.12. The van der Waals surface area contributed by atoms with Gasteiger partial charge in [0.1, 0.15) is 10.5 Å². The molecule has 0 bridgehead atoms. The molecule has 1 saturated heterocycles. The summed E-state index contributed by atoms with van der Waals surface area (Å²) in [5.74, 6) is 0.757. The number of hydrogen-bond donors (Lipinski definition) is 2. The molecular weight excluding hydrogens is 388 g/mol. The summed E-state index contributed by atoms with van der Waals surface area (Å²) in [4.78, 5) is 17.2. The number of nitrogens with one attached hydrogen (secondary N) is 1. The number of thiophene rings is 1. The van der Waals surface area contributed by atoms with Crippen molar-refractivity contribution in [2.24, 2.45) is 5.73 Å². The zero-order valence-corrected chi connectivity index (χ0v) is 16.8. The highest BCUT2D eigenvalue weighted by atomic mass is 32.1. The molecule has 0 spiro atoms. The van der Waals surface area contributed by atoms with Crippen LogP contribution in [0.2, 0.25) is 0 Å². The summed E-state index contributed by atoms with van der Waals surface area (Å²) >= 11 is 3.39. The Bertz CT molecular complexity index is 1090. The van der Waals surface area contributed by atoms with Gasteiger partial charge in [0.05, 0.1) is 27.1 Å². The molecule has 8 heteroatoms. The van der Waals surface area contributed by atoms with Crippen LogP contribution in [0.4, 0.5) is 17.2 Å². The molecule has 142 valence electrons. The van der Waals surface area contributed by atoms with Gasteiger partial charge >= 0.3 is 0 Å². The maximum Gasteiger partial charge on any atom is 0.157 e. The van der Waals surface area contributed by atoms with Crippen LogP contribution in [0, 0.1) is 0 Å². The second kappa shape index (κ2) is 7.46. The SMILES string of the molecule is N[C@H]1CCCN(c2ccncc2Nc2nccc3sc(-c4cccs4)nc23)C1. The Labute approximate surface area is 171 Å². The van der Waals surface area contributed by atoms with Crippen LogP contribution in [0.25, 0.3) is 20.1 Å². The van der Waals surface area contributed by atoms with E-state index in [2.05, 4.69) is 37.7 Å². The number of anilines is 3. The Hall–Kier alpha value is -2.55. The number of rotatable bonds is 4. The summed E-state index contributed by atoms with van der Waals surface area (Å²) < 4.78 is 1.12. The molecule has 0 aromatic carbocycles. The Morgan fingerprint density at radius 2 is 2.18 bits per heavy atom. The molecule has 0 radical (unpaired) electrons. The van der Waals surface area contributed by atoms with Gasteiger partial charge in [-0.25, -0.2) is 9.97 Å². The minimum Gasteiger partial charge on any atom is -0.368 e. The lowest BCUT2D eigenvalue weighted by Crippen LogP contribution is -2.43. The quantitative estimate of drug-likeness (QED) is 0.518. The molecule has 0 aliphatic carbocycles. The first kappa shape index (κ1) is 17.5. The molecule has 6 nitrogen and oxygen atoms in total. The molecule has 5 rings (SSSR count). The molecule has 0 amide bonds. The second-order valence-electron chi connectivity index (χ2n) is 6.87. The van der Waals surface area contributed by atoms with Crippen molar-refractivity contribution in [2.45, 2.75) is 18.9 Å². The van der Waals surface area contributed by atoms with Crippen molar-refractivity contribution in [2.75, 3.05) is 23.3 Å². The van der Waals surface area contributed by atoms with Crippen LogP contribution in [-0.2, 0) is 0 Å². The Morgan fingerprint density at radius 1 is 1.21 bits per heavy atom. The van der Waals surface area contributed by atoms with E-state index in [-0.39, 0.29) is 6.04 Å². The number of hydrogen-bond acceptors (Lipinski definition) is 8. The van der Waals surface area contributed by atoms with E-state index < -0.39 is 0 Å². The maximum atomic E-state index is 6.19. The molecule has 0 saturated carbocycles. The van der Waals surface area contributed by atoms with Crippen LogP contribution in [0.5, 0.6) is 0 Å². The molecule has 0 unspecified atom stereocenters. The average molecular weight is 409 g/mol. The van der Waals surface area contributed by atoms with E-state index in [4.69, 9.17) is 10.7 Å². The lowest BCUT2D eigenvalue weighted by atomic mass is 10.1. The smallest absolute Gasteiger partial charge is 0.157 e. The van der Waals surface area contributed by atoms with E-state index in [1.54, 1.807) is 22.7 Å². The summed E-state index contributed by atoms with van der Waals surface area (Å²) in [6.07, 6.45) is 7.69. The highest BCUT2D eigenvalue weighted by Crippen LogP contribution is 2.37. The average Bonchev–Trinajstić information content (AvgIpc) is 3.38. The number of aromatic nitrogens is 3. The third kappa shape index (κ3) is 3.34. The fourth-order valence-corrected chi connectivity index (χ4v) is 5.33. The minimum atomic E-state index is 0.211. The van der Waals surface area contributed by atoms with Gasteiger partial charge in [0.25, 0.3) is 0 Å². The van der Waals surface area contributed by atoms with Crippen molar-refractivity contribution in [3.05, 3.63) is 48.2 Å². The zero-order valence-electron chi connectivity index (χ0n) is 15.2. The van der Waals surface area contributed by atoms with Gasteiger partial charge in [-0.05, 0) is 36.4 Å². The molecule has 1 aliphatic rings. The fraction of sp³-hybridized carbons (Fsp3) is 0.250. The predicted octanol–water partition coefficient (Wildman–Crippen LogP) is 4.49. The summed E-state index contributed by atoms with van der Waals surface area (Å²) in [5, 5.41) is 6.57. The first-order chi connectivity index (χ1) is 13.8. The van der Waals surface area contributed by atoms with Crippen molar-refractivity contribution < 1.29 is 0 Å². The maximum absolute atomic E-state index is 6.19. The second-order valence-corrected chi connectivity index (χ2v) is 8.85. The van der Waals surface area contributed by atoms with Gasteiger partial charge in [0.15, 0.2) is 5.82 Å². The largest absolute Gasteiger partial charge is 0.368 e. The first-order valence-electron chi connectivity index (χ1n) is 9.29. The van der Waals surface area contributed by atoms with E-state index >= 15 is 0 Å². The summed E-state index contributed by atoms with van der Waals surface area (Å²) in [7, 11) is 0. The fourth-order valence-electron chi connectivity index (χ4n) is 3.57. The Kier molecular flexibility index (Phi) is 4.67. The molecule has 1 aliphatic heterocycles. The minimum absolute atomic E-state index is 0.211. The van der Waals surface area contributed by atoms with E-state index in [1.807, 2.05) is 30.7 Å². The monoisotopic (exact) mass is 408 g/mol. The van der Waals surface area contributed by atoms with Crippen molar-refractivity contribution in [1.82, 2.24) is 15.0 Å². The number of thiazole rings is 1. The number of fused-ring (bicyclic) bond motifs is 1. The predicted molar refractivity (Wildman–Crippen MR) is 118 cm³/mol. The standard InChI is InChI=1S/C20H20N6S2/c21-13-3-1-9-26(12-13)15-5-7-22-11-14(15)24-19-18-16(6-8-23-19)28-20(25-18)17-4-2-10-27-17/h2,4-8,10-11,13H,1,3,9,12,21H2,(H,23,24)/t13-/m0/s1. The van der Waals surface area contributed by atoms with Crippen LogP contribution < -0.4 is 16.0 Å². The van der Waals surface area contributed by atoms with E-state index in [0.717, 1.165) is 58.3 Å². The lowest BCUT2D eigenvalue weighted by molar-refractivity contribution is 0.506. The molecule has 3 N–H and O–H groups in total. The van der Waals surface area contributed by atoms with Gasteiger partial charge in [0.2, 0.25) is 0 Å². The molecule has 5 heterocycles. The number of nitrogens with zero attached hydrogens (tertiary/aromatic N) is 4. The van der Waals surface area contributed by atoms with Gasteiger partial charge < -0.3 is 16.0 Å². The van der Waals surface area contributed by atoms with Gasteiger partial charge in [-0.3, -0.25) is 4.98 Å². The van der Waals surface area contributed by atoms with Gasteiger partial charge in [-0.15, -0.1) is 22.7 Å². The van der Waals surface area contributed by atoms with Crippen LogP contribution in [0.3, 0.4) is 0 Å². The molecule has 4 aromatic rings. The summed E-state index contributed by atoms with van der Waals surface area (Å²) in [6.45, 7) is 1.86. The van der Waals surface area contributed by atoms with E-state index in [1.165, 1.54) is 4.88 Å². The summed E-state index contributed by atoms with van der Waals surface area (Å²) in [6, 6.07) is 8.42. The van der Waals surface area contributed by atoms with Gasteiger partial charge in [-0.2, -0.15) is 0 Å². The molecule has 1 atom stereocenters. The van der Waals surface area contributed by atoms with E-state index in [0.29, 0.717) is 0 Å². The third-order valence-electron chi connectivity index (χ3n) is 4.89. The third-order valence-corrected chi connectivity index (χ3v) is 6.95. The van der Waals surface area contributed by atoms with E-state index in [9.17, 15) is 0 Å². The van der Waals surface area contributed by atoms with Crippen molar-refractivity contribution in [3.63, 3.8) is 0 Å². The number of nitrogens with two attached hydrogens (primary N) is 1. The lowest BCUT2D eigenvalue weighted by Gasteiger charge is -2.33.